The first-order valence-corrected chi connectivity index (χ1v) is 11.1. The van der Waals surface area contributed by atoms with Crippen molar-refractivity contribution in [2.45, 2.75) is 6.04 Å². The quantitative estimate of drug-likeness (QED) is 0.523. The van der Waals surface area contributed by atoms with E-state index in [0.29, 0.717) is 47.5 Å². The normalized spacial score (nSPS) is 15.1. The molecule has 0 saturated carbocycles. The lowest BCUT2D eigenvalue weighted by molar-refractivity contribution is 0.0162. The second kappa shape index (κ2) is 10.7. The van der Waals surface area contributed by atoms with Gasteiger partial charge < -0.3 is 19.5 Å². The van der Waals surface area contributed by atoms with Crippen LogP contribution in [0, 0.1) is 0 Å². The summed E-state index contributed by atoms with van der Waals surface area (Å²) in [5.41, 5.74) is 3.00. The second-order valence-corrected chi connectivity index (χ2v) is 8.09. The molecule has 33 heavy (non-hydrogen) atoms. The number of methoxy groups -OCH3 is 2. The highest BCUT2D eigenvalue weighted by Gasteiger charge is 2.25. The van der Waals surface area contributed by atoms with Gasteiger partial charge in [0.15, 0.2) is 11.5 Å². The summed E-state index contributed by atoms with van der Waals surface area (Å²) >= 11 is 6.00. The van der Waals surface area contributed by atoms with Crippen molar-refractivity contribution in [1.82, 2.24) is 20.4 Å². The summed E-state index contributed by atoms with van der Waals surface area (Å²) < 4.78 is 16.4. The number of ether oxygens (including phenoxy) is 3. The molecule has 1 aromatic heterocycles. The lowest BCUT2D eigenvalue weighted by atomic mass is 10.0. The zero-order valence-corrected chi connectivity index (χ0v) is 19.4. The van der Waals surface area contributed by atoms with Crippen LogP contribution in [0.25, 0.3) is 11.3 Å². The molecule has 0 radical (unpaired) electrons. The Morgan fingerprint density at radius 1 is 1.15 bits per heavy atom. The summed E-state index contributed by atoms with van der Waals surface area (Å²) in [6.45, 7) is 3.27. The smallest absolute Gasteiger partial charge is 0.255 e. The van der Waals surface area contributed by atoms with E-state index >= 15 is 0 Å². The number of benzene rings is 2. The van der Waals surface area contributed by atoms with Crippen LogP contribution >= 0.6 is 11.6 Å². The standard InChI is InChI=1S/C24H27ClN4O4/c1-31-21-8-5-17(13-22(21)32-2)20(29-9-11-33-12-10-29)15-26-24(30)19-14-27-28-23(19)16-3-6-18(25)7-4-16/h3-8,13-14,20H,9-12,15H2,1-2H3,(H,26,30)(H,27,28). The van der Waals surface area contributed by atoms with Crippen LogP contribution in [0.15, 0.2) is 48.7 Å². The Kier molecular flexibility index (Phi) is 7.49. The number of morpholine rings is 1. The van der Waals surface area contributed by atoms with Gasteiger partial charge in [-0.3, -0.25) is 14.8 Å². The number of carbonyl (C=O) groups excluding carboxylic acids is 1. The Balaban J connectivity index is 1.55. The Morgan fingerprint density at radius 3 is 2.58 bits per heavy atom. The zero-order valence-electron chi connectivity index (χ0n) is 18.6. The van der Waals surface area contributed by atoms with Crippen LogP contribution in [0.5, 0.6) is 11.5 Å². The molecule has 4 rings (SSSR count). The summed E-state index contributed by atoms with van der Waals surface area (Å²) in [4.78, 5) is 15.4. The van der Waals surface area contributed by atoms with Gasteiger partial charge in [0.05, 0.1) is 50.9 Å². The third kappa shape index (κ3) is 5.30. The third-order valence-electron chi connectivity index (χ3n) is 5.75. The number of hydrogen-bond acceptors (Lipinski definition) is 6. The van der Waals surface area contributed by atoms with Gasteiger partial charge in [-0.25, -0.2) is 0 Å². The van der Waals surface area contributed by atoms with E-state index in [2.05, 4.69) is 20.4 Å². The molecule has 0 spiro atoms. The van der Waals surface area contributed by atoms with E-state index in [1.807, 2.05) is 30.3 Å². The zero-order chi connectivity index (χ0) is 23.2. The molecule has 1 unspecified atom stereocenters. The molecule has 9 heteroatoms. The van der Waals surface area contributed by atoms with E-state index in [1.165, 1.54) is 0 Å². The van der Waals surface area contributed by atoms with Crippen LogP contribution in [-0.2, 0) is 4.74 Å². The lowest BCUT2D eigenvalue weighted by Gasteiger charge is -2.35. The number of nitrogens with one attached hydrogen (secondary N) is 2. The predicted molar refractivity (Wildman–Crippen MR) is 126 cm³/mol. The average Bonchev–Trinajstić information content (AvgIpc) is 3.35. The van der Waals surface area contributed by atoms with Crippen molar-refractivity contribution in [3.8, 4) is 22.8 Å². The fourth-order valence-corrected chi connectivity index (χ4v) is 4.11. The summed E-state index contributed by atoms with van der Waals surface area (Å²) in [6.07, 6.45) is 1.54. The van der Waals surface area contributed by atoms with Crippen molar-refractivity contribution in [1.29, 1.82) is 0 Å². The first-order chi connectivity index (χ1) is 16.1. The number of aromatic amines is 1. The number of hydrogen-bond donors (Lipinski definition) is 2. The van der Waals surface area contributed by atoms with Gasteiger partial charge in [-0.2, -0.15) is 5.10 Å². The second-order valence-electron chi connectivity index (χ2n) is 7.65. The monoisotopic (exact) mass is 470 g/mol. The minimum Gasteiger partial charge on any atom is -0.493 e. The third-order valence-corrected chi connectivity index (χ3v) is 6.00. The number of aromatic nitrogens is 2. The average molecular weight is 471 g/mol. The molecule has 174 valence electrons. The highest BCUT2D eigenvalue weighted by atomic mass is 35.5. The predicted octanol–water partition coefficient (Wildman–Crippen LogP) is 3.55. The highest BCUT2D eigenvalue weighted by molar-refractivity contribution is 6.30. The molecule has 8 nitrogen and oxygen atoms in total. The van der Waals surface area contributed by atoms with E-state index in [4.69, 9.17) is 25.8 Å². The molecule has 1 aliphatic heterocycles. The fraction of sp³-hybridized carbons (Fsp3) is 0.333. The van der Waals surface area contributed by atoms with Crippen molar-refractivity contribution in [3.05, 3.63) is 64.8 Å². The summed E-state index contributed by atoms with van der Waals surface area (Å²) in [5.74, 6) is 1.11. The number of carbonyl (C=O) groups is 1. The van der Waals surface area contributed by atoms with Crippen LogP contribution in [0.2, 0.25) is 5.02 Å². The van der Waals surface area contributed by atoms with Gasteiger partial charge in [0.25, 0.3) is 5.91 Å². The van der Waals surface area contributed by atoms with Crippen LogP contribution in [0.3, 0.4) is 0 Å². The highest BCUT2D eigenvalue weighted by Crippen LogP contribution is 2.32. The van der Waals surface area contributed by atoms with Crippen molar-refractivity contribution >= 4 is 17.5 Å². The van der Waals surface area contributed by atoms with Gasteiger partial charge in [-0.05, 0) is 29.8 Å². The molecule has 0 bridgehead atoms. The molecule has 2 N–H and O–H groups in total. The lowest BCUT2D eigenvalue weighted by Crippen LogP contribution is -2.43. The van der Waals surface area contributed by atoms with Crippen LogP contribution in [0.4, 0.5) is 0 Å². The minimum atomic E-state index is -0.201. The van der Waals surface area contributed by atoms with Crippen molar-refractivity contribution in [2.75, 3.05) is 47.1 Å². The van der Waals surface area contributed by atoms with E-state index < -0.39 is 0 Å². The van der Waals surface area contributed by atoms with Crippen LogP contribution in [0.1, 0.15) is 22.0 Å². The summed E-state index contributed by atoms with van der Waals surface area (Å²) in [5, 5.41) is 10.7. The van der Waals surface area contributed by atoms with Gasteiger partial charge >= 0.3 is 0 Å². The first kappa shape index (κ1) is 23.1. The molecule has 0 aliphatic carbocycles. The van der Waals surface area contributed by atoms with Gasteiger partial charge in [0.1, 0.15) is 0 Å². The maximum absolute atomic E-state index is 13.1. The van der Waals surface area contributed by atoms with Gasteiger partial charge in [0, 0.05) is 30.2 Å². The number of halogens is 1. The SMILES string of the molecule is COc1ccc(C(CNC(=O)c2cn[nH]c2-c2ccc(Cl)cc2)N2CCOCC2)cc1OC. The minimum absolute atomic E-state index is 0.0523. The maximum Gasteiger partial charge on any atom is 0.255 e. The van der Waals surface area contributed by atoms with Crippen molar-refractivity contribution in [2.24, 2.45) is 0 Å². The fourth-order valence-electron chi connectivity index (χ4n) is 3.99. The Labute approximate surface area is 197 Å². The Hall–Kier alpha value is -3.07. The van der Waals surface area contributed by atoms with Gasteiger partial charge in [0.2, 0.25) is 0 Å². The first-order valence-electron chi connectivity index (χ1n) is 10.7. The number of rotatable bonds is 8. The van der Waals surface area contributed by atoms with E-state index in [9.17, 15) is 4.79 Å². The van der Waals surface area contributed by atoms with E-state index in [0.717, 1.165) is 24.2 Å². The van der Waals surface area contributed by atoms with Crippen LogP contribution in [-0.4, -0.2) is 68.1 Å². The Morgan fingerprint density at radius 2 is 1.88 bits per heavy atom. The number of H-pyrrole nitrogens is 1. The summed E-state index contributed by atoms with van der Waals surface area (Å²) in [7, 11) is 3.23. The number of amides is 1. The molecule has 1 saturated heterocycles. The molecule has 1 atom stereocenters. The molecular formula is C24H27ClN4O4. The molecule has 3 aromatic rings. The Bertz CT molecular complexity index is 1080. The maximum atomic E-state index is 13.1. The molecule has 2 aromatic carbocycles. The van der Waals surface area contributed by atoms with E-state index in [1.54, 1.807) is 32.5 Å². The molecule has 1 fully saturated rings. The van der Waals surface area contributed by atoms with E-state index in [-0.39, 0.29) is 11.9 Å². The molecular weight excluding hydrogens is 444 g/mol. The van der Waals surface area contributed by atoms with Gasteiger partial charge in [-0.15, -0.1) is 0 Å². The molecule has 2 heterocycles. The number of nitrogens with zero attached hydrogens (tertiary/aromatic N) is 2. The van der Waals surface area contributed by atoms with Crippen LogP contribution < -0.4 is 14.8 Å². The summed E-state index contributed by atoms with van der Waals surface area (Å²) in [6, 6.07) is 13.1. The largest absolute Gasteiger partial charge is 0.493 e. The topological polar surface area (TPSA) is 88.7 Å². The molecule has 1 aliphatic rings. The van der Waals surface area contributed by atoms with Gasteiger partial charge in [-0.1, -0.05) is 29.8 Å². The van der Waals surface area contributed by atoms with Crippen molar-refractivity contribution in [3.63, 3.8) is 0 Å². The molecule has 1 amide bonds. The van der Waals surface area contributed by atoms with Crippen molar-refractivity contribution < 1.29 is 19.0 Å².